The molecule has 0 aliphatic rings. The molecule has 0 atom stereocenters. The summed E-state index contributed by atoms with van der Waals surface area (Å²) >= 11 is 7.08. The van der Waals surface area contributed by atoms with Crippen LogP contribution in [0.15, 0.2) is 40.6 Å². The van der Waals surface area contributed by atoms with Crippen molar-refractivity contribution < 1.29 is 8.42 Å². The summed E-state index contributed by atoms with van der Waals surface area (Å²) in [7, 11) is -3.43. The van der Waals surface area contributed by atoms with Gasteiger partial charge in [-0.3, -0.25) is 0 Å². The standard InChI is InChI=1S/C14H16ClNO2S2/c1-2-13-6-7-14(19-13)20(17,18)16-10-12-5-3-4-11(8-12)9-15/h3-8,16H,2,9-10H2,1H3. The first-order chi connectivity index (χ1) is 9.55. The summed E-state index contributed by atoms with van der Waals surface area (Å²) < 4.78 is 27.3. The van der Waals surface area contributed by atoms with Crippen molar-refractivity contribution in [3.05, 3.63) is 52.4 Å². The second-order valence-corrected chi connectivity index (χ2v) is 7.78. The summed E-state index contributed by atoms with van der Waals surface area (Å²) in [4.78, 5) is 1.06. The number of alkyl halides is 1. The van der Waals surface area contributed by atoms with Gasteiger partial charge in [-0.1, -0.05) is 31.2 Å². The Morgan fingerprint density at radius 2 is 1.95 bits per heavy atom. The van der Waals surface area contributed by atoms with Gasteiger partial charge in [0.15, 0.2) is 0 Å². The molecule has 2 rings (SSSR count). The Morgan fingerprint density at radius 1 is 1.20 bits per heavy atom. The van der Waals surface area contributed by atoms with E-state index < -0.39 is 10.0 Å². The number of thiophene rings is 1. The van der Waals surface area contributed by atoms with Gasteiger partial charge in [0.1, 0.15) is 4.21 Å². The lowest BCUT2D eigenvalue weighted by molar-refractivity contribution is 0.583. The molecule has 6 heteroatoms. The number of hydrogen-bond donors (Lipinski definition) is 1. The highest BCUT2D eigenvalue weighted by atomic mass is 35.5. The van der Waals surface area contributed by atoms with Crippen molar-refractivity contribution in [2.45, 2.75) is 30.0 Å². The number of sulfonamides is 1. The highest BCUT2D eigenvalue weighted by Crippen LogP contribution is 2.22. The van der Waals surface area contributed by atoms with Gasteiger partial charge in [-0.2, -0.15) is 0 Å². The van der Waals surface area contributed by atoms with Crippen molar-refractivity contribution in [2.75, 3.05) is 0 Å². The molecular weight excluding hydrogens is 314 g/mol. The fourth-order valence-corrected chi connectivity index (χ4v) is 4.29. The van der Waals surface area contributed by atoms with Crippen LogP contribution in [0.1, 0.15) is 22.9 Å². The molecule has 0 fully saturated rings. The van der Waals surface area contributed by atoms with Crippen molar-refractivity contribution in [1.29, 1.82) is 0 Å². The van der Waals surface area contributed by atoms with E-state index in [-0.39, 0.29) is 6.54 Å². The minimum atomic E-state index is -3.43. The molecule has 20 heavy (non-hydrogen) atoms. The van der Waals surface area contributed by atoms with Crippen molar-refractivity contribution in [3.8, 4) is 0 Å². The zero-order valence-electron chi connectivity index (χ0n) is 11.1. The first-order valence-electron chi connectivity index (χ1n) is 6.27. The quantitative estimate of drug-likeness (QED) is 0.824. The van der Waals surface area contributed by atoms with E-state index in [9.17, 15) is 8.42 Å². The molecule has 1 aromatic carbocycles. The maximum atomic E-state index is 12.2. The monoisotopic (exact) mass is 329 g/mol. The van der Waals surface area contributed by atoms with Gasteiger partial charge in [0, 0.05) is 17.3 Å². The molecule has 0 aliphatic heterocycles. The average molecular weight is 330 g/mol. The molecule has 1 heterocycles. The van der Waals surface area contributed by atoms with Gasteiger partial charge < -0.3 is 0 Å². The highest BCUT2D eigenvalue weighted by molar-refractivity contribution is 7.91. The van der Waals surface area contributed by atoms with E-state index in [1.54, 1.807) is 6.07 Å². The Hall–Kier alpha value is -0.880. The van der Waals surface area contributed by atoms with Crippen LogP contribution in [-0.4, -0.2) is 8.42 Å². The Morgan fingerprint density at radius 3 is 2.60 bits per heavy atom. The van der Waals surface area contributed by atoms with E-state index >= 15 is 0 Å². The summed E-state index contributed by atoms with van der Waals surface area (Å²) in [6.45, 7) is 2.28. The third-order valence-corrected chi connectivity index (χ3v) is 6.29. The van der Waals surface area contributed by atoms with E-state index in [4.69, 9.17) is 11.6 Å². The van der Waals surface area contributed by atoms with Gasteiger partial charge in [-0.05, 0) is 29.7 Å². The van der Waals surface area contributed by atoms with E-state index in [0.29, 0.717) is 10.1 Å². The minimum Gasteiger partial charge on any atom is -0.206 e. The molecule has 1 N–H and O–H groups in total. The summed E-state index contributed by atoms with van der Waals surface area (Å²) in [5.41, 5.74) is 1.88. The van der Waals surface area contributed by atoms with E-state index in [2.05, 4.69) is 4.72 Å². The topological polar surface area (TPSA) is 46.2 Å². The van der Waals surface area contributed by atoms with Crippen LogP contribution in [0, 0.1) is 0 Å². The lowest BCUT2D eigenvalue weighted by Crippen LogP contribution is -2.22. The fourth-order valence-electron chi connectivity index (χ4n) is 1.76. The molecule has 3 nitrogen and oxygen atoms in total. The molecule has 0 saturated heterocycles. The van der Waals surface area contributed by atoms with Gasteiger partial charge in [-0.25, -0.2) is 13.1 Å². The number of rotatable bonds is 6. The van der Waals surface area contributed by atoms with Crippen LogP contribution in [0.3, 0.4) is 0 Å². The van der Waals surface area contributed by atoms with Gasteiger partial charge >= 0.3 is 0 Å². The predicted molar refractivity (Wildman–Crippen MR) is 83.7 cm³/mol. The predicted octanol–water partition coefficient (Wildman–Crippen LogP) is 3.53. The Labute approximate surface area is 128 Å². The van der Waals surface area contributed by atoms with Gasteiger partial charge in [0.05, 0.1) is 0 Å². The molecule has 1 aromatic heterocycles. The van der Waals surface area contributed by atoms with Crippen molar-refractivity contribution in [3.63, 3.8) is 0 Å². The van der Waals surface area contributed by atoms with Crippen LogP contribution in [0.2, 0.25) is 0 Å². The number of halogens is 1. The second kappa shape index (κ2) is 6.72. The summed E-state index contributed by atoms with van der Waals surface area (Å²) in [6.07, 6.45) is 0.845. The molecule has 108 valence electrons. The molecule has 0 bridgehead atoms. The molecule has 0 spiro atoms. The lowest BCUT2D eigenvalue weighted by atomic mass is 10.1. The third kappa shape index (κ3) is 3.82. The maximum absolute atomic E-state index is 12.2. The van der Waals surface area contributed by atoms with Gasteiger partial charge in [0.2, 0.25) is 10.0 Å². The highest BCUT2D eigenvalue weighted by Gasteiger charge is 2.16. The normalized spacial score (nSPS) is 11.7. The van der Waals surface area contributed by atoms with Gasteiger partial charge in [0.25, 0.3) is 0 Å². The summed E-state index contributed by atoms with van der Waals surface area (Å²) in [5.74, 6) is 0.422. The van der Waals surface area contributed by atoms with Crippen molar-refractivity contribution >= 4 is 33.0 Å². The Bertz CT molecular complexity index is 680. The van der Waals surface area contributed by atoms with E-state index in [1.165, 1.54) is 11.3 Å². The number of benzene rings is 1. The first kappa shape index (κ1) is 15.5. The first-order valence-corrected chi connectivity index (χ1v) is 9.10. The molecule has 0 amide bonds. The average Bonchev–Trinajstić information content (AvgIpc) is 2.95. The van der Waals surface area contributed by atoms with E-state index in [0.717, 1.165) is 22.4 Å². The molecule has 0 radical (unpaired) electrons. The van der Waals surface area contributed by atoms with Gasteiger partial charge in [-0.15, -0.1) is 22.9 Å². The molecule has 0 unspecified atom stereocenters. The zero-order valence-corrected chi connectivity index (χ0v) is 13.5. The summed E-state index contributed by atoms with van der Waals surface area (Å²) in [6, 6.07) is 11.1. The molecular formula is C14H16ClNO2S2. The van der Waals surface area contributed by atoms with Crippen LogP contribution in [0.4, 0.5) is 0 Å². The van der Waals surface area contributed by atoms with Crippen LogP contribution in [-0.2, 0) is 28.9 Å². The summed E-state index contributed by atoms with van der Waals surface area (Å²) in [5, 5.41) is 0. The van der Waals surface area contributed by atoms with Crippen LogP contribution >= 0.6 is 22.9 Å². The van der Waals surface area contributed by atoms with Crippen LogP contribution in [0.5, 0.6) is 0 Å². The Balaban J connectivity index is 2.08. The van der Waals surface area contributed by atoms with Crippen LogP contribution in [0.25, 0.3) is 0 Å². The Kier molecular flexibility index (Phi) is 5.21. The van der Waals surface area contributed by atoms with E-state index in [1.807, 2.05) is 37.3 Å². The number of nitrogens with one attached hydrogen (secondary N) is 1. The number of aryl methyl sites for hydroxylation is 1. The lowest BCUT2D eigenvalue weighted by Gasteiger charge is -2.06. The maximum Gasteiger partial charge on any atom is 0.250 e. The third-order valence-electron chi connectivity index (χ3n) is 2.86. The van der Waals surface area contributed by atoms with Crippen LogP contribution < -0.4 is 4.72 Å². The molecule has 0 aliphatic carbocycles. The zero-order chi connectivity index (χ0) is 14.6. The largest absolute Gasteiger partial charge is 0.250 e. The van der Waals surface area contributed by atoms with Crippen molar-refractivity contribution in [1.82, 2.24) is 4.72 Å². The fraction of sp³-hybridized carbons (Fsp3) is 0.286. The van der Waals surface area contributed by atoms with Crippen molar-refractivity contribution in [2.24, 2.45) is 0 Å². The molecule has 2 aromatic rings. The second-order valence-electron chi connectivity index (χ2n) is 4.35. The SMILES string of the molecule is CCc1ccc(S(=O)(=O)NCc2cccc(CCl)c2)s1. The molecule has 0 saturated carbocycles. The minimum absolute atomic E-state index is 0.270. The number of hydrogen-bond acceptors (Lipinski definition) is 3. The smallest absolute Gasteiger partial charge is 0.206 e.